The van der Waals surface area contributed by atoms with Crippen LogP contribution in [0, 0.1) is 5.92 Å². The lowest BCUT2D eigenvalue weighted by Gasteiger charge is -2.29. The van der Waals surface area contributed by atoms with Crippen molar-refractivity contribution in [2.75, 3.05) is 13.1 Å². The number of aliphatic carboxylic acids is 1. The van der Waals surface area contributed by atoms with Crippen LogP contribution in [-0.4, -0.2) is 70.8 Å². The van der Waals surface area contributed by atoms with Crippen molar-refractivity contribution in [2.45, 2.75) is 57.7 Å². The Kier molecular flexibility index (Phi) is 8.83. The summed E-state index contributed by atoms with van der Waals surface area (Å²) in [4.78, 5) is 60.0. The minimum Gasteiger partial charge on any atom is -0.480 e. The maximum atomic E-state index is 12.7. The lowest BCUT2D eigenvalue weighted by atomic mass is 10.0. The summed E-state index contributed by atoms with van der Waals surface area (Å²) in [6.07, 6.45) is 0.965. The molecule has 1 saturated heterocycles. The first kappa shape index (κ1) is 23.3. The van der Waals surface area contributed by atoms with Crippen LogP contribution in [0.4, 0.5) is 0 Å². The van der Waals surface area contributed by atoms with E-state index in [1.165, 1.54) is 4.90 Å². The van der Waals surface area contributed by atoms with Gasteiger partial charge < -0.3 is 32.1 Å². The van der Waals surface area contributed by atoms with Crippen LogP contribution in [-0.2, 0) is 24.0 Å². The number of carbonyl (C=O) groups is 5. The first-order valence-corrected chi connectivity index (χ1v) is 9.18. The Morgan fingerprint density at radius 3 is 2.39 bits per heavy atom. The average Bonchev–Trinajstić information content (AvgIpc) is 3.11. The van der Waals surface area contributed by atoms with Gasteiger partial charge in [0.05, 0.1) is 12.6 Å². The summed E-state index contributed by atoms with van der Waals surface area (Å²) in [5.74, 6) is -3.61. The number of carboxylic acids is 1. The van der Waals surface area contributed by atoms with Gasteiger partial charge in [-0.2, -0.15) is 0 Å². The zero-order valence-electron chi connectivity index (χ0n) is 16.1. The molecule has 0 saturated carbocycles. The van der Waals surface area contributed by atoms with Crippen molar-refractivity contribution in [1.29, 1.82) is 0 Å². The third-order valence-corrected chi connectivity index (χ3v) is 4.53. The first-order chi connectivity index (χ1) is 13.0. The fourth-order valence-electron chi connectivity index (χ4n) is 2.93. The second-order valence-electron chi connectivity index (χ2n) is 7.15. The SMILES string of the molecule is CC(C)C(NC(=O)CNC(=O)C(N)CCC(N)=O)C(=O)N1CCCC1C(=O)O. The lowest BCUT2D eigenvalue weighted by molar-refractivity contribution is -0.150. The van der Waals surface area contributed by atoms with Gasteiger partial charge in [-0.3, -0.25) is 19.2 Å². The normalized spacial score (nSPS) is 18.4. The van der Waals surface area contributed by atoms with Gasteiger partial charge in [-0.1, -0.05) is 13.8 Å². The van der Waals surface area contributed by atoms with Gasteiger partial charge in [0.2, 0.25) is 23.6 Å². The number of rotatable bonds is 10. The smallest absolute Gasteiger partial charge is 0.326 e. The van der Waals surface area contributed by atoms with E-state index in [1.807, 2.05) is 0 Å². The van der Waals surface area contributed by atoms with E-state index in [0.717, 1.165) is 0 Å². The highest BCUT2D eigenvalue weighted by Crippen LogP contribution is 2.20. The van der Waals surface area contributed by atoms with E-state index in [9.17, 15) is 29.1 Å². The summed E-state index contributed by atoms with van der Waals surface area (Å²) in [5, 5.41) is 14.1. The molecule has 1 rings (SSSR count). The Morgan fingerprint density at radius 1 is 1.21 bits per heavy atom. The van der Waals surface area contributed by atoms with Gasteiger partial charge in [0, 0.05) is 13.0 Å². The minimum absolute atomic E-state index is 0.0503. The van der Waals surface area contributed by atoms with Gasteiger partial charge in [0.15, 0.2) is 0 Å². The van der Waals surface area contributed by atoms with Crippen LogP contribution < -0.4 is 22.1 Å². The predicted molar refractivity (Wildman–Crippen MR) is 98.6 cm³/mol. The van der Waals surface area contributed by atoms with Crippen LogP contribution in [0.1, 0.15) is 39.5 Å². The summed E-state index contributed by atoms with van der Waals surface area (Å²) >= 11 is 0. The Hall–Kier alpha value is -2.69. The second kappa shape index (κ2) is 10.6. The van der Waals surface area contributed by atoms with Crippen molar-refractivity contribution in [2.24, 2.45) is 17.4 Å². The van der Waals surface area contributed by atoms with E-state index in [1.54, 1.807) is 13.8 Å². The van der Waals surface area contributed by atoms with Crippen molar-refractivity contribution in [1.82, 2.24) is 15.5 Å². The van der Waals surface area contributed by atoms with Crippen LogP contribution in [0.5, 0.6) is 0 Å². The molecule has 0 spiro atoms. The maximum absolute atomic E-state index is 12.7. The molecule has 0 aliphatic carbocycles. The molecule has 11 nitrogen and oxygen atoms in total. The summed E-state index contributed by atoms with van der Waals surface area (Å²) in [6.45, 7) is 3.38. The number of likely N-dealkylation sites (tertiary alicyclic amines) is 1. The maximum Gasteiger partial charge on any atom is 0.326 e. The Morgan fingerprint density at radius 2 is 1.86 bits per heavy atom. The quantitative estimate of drug-likeness (QED) is 0.279. The molecular formula is C17H29N5O6. The van der Waals surface area contributed by atoms with E-state index in [-0.39, 0.29) is 18.8 Å². The number of nitrogens with two attached hydrogens (primary N) is 2. The molecule has 1 heterocycles. The predicted octanol–water partition coefficient (Wildman–Crippen LogP) is -2.09. The number of carbonyl (C=O) groups excluding carboxylic acids is 4. The molecule has 1 aliphatic rings. The Labute approximate surface area is 163 Å². The third-order valence-electron chi connectivity index (χ3n) is 4.53. The molecule has 4 amide bonds. The highest BCUT2D eigenvalue weighted by atomic mass is 16.4. The van der Waals surface area contributed by atoms with Crippen molar-refractivity contribution < 1.29 is 29.1 Å². The highest BCUT2D eigenvalue weighted by Gasteiger charge is 2.38. The van der Waals surface area contributed by atoms with Crippen LogP contribution >= 0.6 is 0 Å². The van der Waals surface area contributed by atoms with Gasteiger partial charge in [-0.25, -0.2) is 4.79 Å². The van der Waals surface area contributed by atoms with Crippen LogP contribution in [0.15, 0.2) is 0 Å². The molecule has 3 atom stereocenters. The van der Waals surface area contributed by atoms with E-state index in [0.29, 0.717) is 19.4 Å². The number of hydrogen-bond donors (Lipinski definition) is 5. The lowest BCUT2D eigenvalue weighted by Crippen LogP contribution is -2.55. The zero-order valence-corrected chi connectivity index (χ0v) is 16.1. The summed E-state index contributed by atoms with van der Waals surface area (Å²) in [7, 11) is 0. The van der Waals surface area contributed by atoms with Crippen molar-refractivity contribution in [3.8, 4) is 0 Å². The minimum atomic E-state index is -1.07. The van der Waals surface area contributed by atoms with Gasteiger partial charge in [-0.05, 0) is 25.2 Å². The molecule has 28 heavy (non-hydrogen) atoms. The molecule has 11 heteroatoms. The third kappa shape index (κ3) is 6.80. The number of hydrogen-bond acceptors (Lipinski definition) is 6. The highest BCUT2D eigenvalue weighted by molar-refractivity contribution is 5.93. The van der Waals surface area contributed by atoms with Gasteiger partial charge in [0.1, 0.15) is 12.1 Å². The first-order valence-electron chi connectivity index (χ1n) is 9.18. The molecule has 158 valence electrons. The Balaban J connectivity index is 2.60. The van der Waals surface area contributed by atoms with E-state index in [4.69, 9.17) is 11.5 Å². The molecular weight excluding hydrogens is 370 g/mol. The molecule has 0 aromatic rings. The number of carboxylic acid groups (broad SMARTS) is 1. The van der Waals surface area contributed by atoms with Gasteiger partial charge in [0.25, 0.3) is 0 Å². The monoisotopic (exact) mass is 399 g/mol. The van der Waals surface area contributed by atoms with Crippen molar-refractivity contribution >= 4 is 29.6 Å². The summed E-state index contributed by atoms with van der Waals surface area (Å²) in [6, 6.07) is -2.79. The average molecular weight is 399 g/mol. The molecule has 7 N–H and O–H groups in total. The molecule has 1 fully saturated rings. The molecule has 1 aliphatic heterocycles. The Bertz CT molecular complexity index is 623. The van der Waals surface area contributed by atoms with E-state index in [2.05, 4.69) is 10.6 Å². The van der Waals surface area contributed by atoms with Crippen LogP contribution in [0.2, 0.25) is 0 Å². The van der Waals surface area contributed by atoms with Crippen LogP contribution in [0.25, 0.3) is 0 Å². The largest absolute Gasteiger partial charge is 0.480 e. The topological polar surface area (TPSA) is 185 Å². The molecule has 0 aromatic heterocycles. The molecule has 0 bridgehead atoms. The van der Waals surface area contributed by atoms with Crippen molar-refractivity contribution in [3.05, 3.63) is 0 Å². The van der Waals surface area contributed by atoms with Crippen molar-refractivity contribution in [3.63, 3.8) is 0 Å². The second-order valence-corrected chi connectivity index (χ2v) is 7.15. The van der Waals surface area contributed by atoms with Gasteiger partial charge >= 0.3 is 5.97 Å². The van der Waals surface area contributed by atoms with E-state index >= 15 is 0 Å². The van der Waals surface area contributed by atoms with E-state index < -0.39 is 54.3 Å². The number of nitrogens with one attached hydrogen (secondary N) is 2. The fourth-order valence-corrected chi connectivity index (χ4v) is 2.93. The standard InChI is InChI=1S/C17H29N5O6/c1-9(2)14(16(26)22-7-3-4-11(22)17(27)28)21-13(24)8-20-15(25)10(18)5-6-12(19)23/h9-11,14H,3-8,18H2,1-2H3,(H2,19,23)(H,20,25)(H,21,24)(H,27,28). The fraction of sp³-hybridized carbons (Fsp3) is 0.706. The zero-order chi connectivity index (χ0) is 21.4. The molecule has 0 aromatic carbocycles. The number of amides is 4. The number of primary amides is 1. The van der Waals surface area contributed by atoms with Gasteiger partial charge in [-0.15, -0.1) is 0 Å². The molecule has 0 radical (unpaired) electrons. The summed E-state index contributed by atoms with van der Waals surface area (Å²) in [5.41, 5.74) is 10.6. The molecule has 3 unspecified atom stereocenters. The van der Waals surface area contributed by atoms with Crippen LogP contribution in [0.3, 0.4) is 0 Å². The summed E-state index contributed by atoms with van der Waals surface area (Å²) < 4.78 is 0. The number of nitrogens with zero attached hydrogens (tertiary/aromatic N) is 1.